The zero-order valence-corrected chi connectivity index (χ0v) is 14.7. The summed E-state index contributed by atoms with van der Waals surface area (Å²) in [7, 11) is 0. The summed E-state index contributed by atoms with van der Waals surface area (Å²) < 4.78 is 19.5. The zero-order chi connectivity index (χ0) is 17.6. The maximum Gasteiger partial charge on any atom is 0.265 e. The summed E-state index contributed by atoms with van der Waals surface area (Å²) in [5, 5.41) is 2.76. The predicted octanol–water partition coefficient (Wildman–Crippen LogP) is 5.32. The number of rotatable bonds is 2. The molecule has 3 aromatic rings. The average Bonchev–Trinajstić information content (AvgIpc) is 3.02. The lowest BCUT2D eigenvalue weighted by Gasteiger charge is -2.19. The van der Waals surface area contributed by atoms with Gasteiger partial charge in [0.2, 0.25) is 0 Å². The fourth-order valence-corrected chi connectivity index (χ4v) is 4.11. The Morgan fingerprint density at radius 3 is 2.80 bits per heavy atom. The number of nitrogens with one attached hydrogen (secondary N) is 1. The number of thiophene rings is 1. The van der Waals surface area contributed by atoms with Crippen LogP contribution in [0.5, 0.6) is 5.75 Å². The molecular weight excluding hydrogens is 337 g/mol. The first-order chi connectivity index (χ1) is 12.0. The van der Waals surface area contributed by atoms with Crippen LogP contribution < -0.4 is 10.1 Å². The van der Waals surface area contributed by atoms with Crippen molar-refractivity contribution < 1.29 is 13.9 Å². The number of carbonyl (C=O) groups is 1. The van der Waals surface area contributed by atoms with Crippen molar-refractivity contribution in [1.82, 2.24) is 0 Å². The molecule has 1 aromatic heterocycles. The minimum atomic E-state index is -0.332. The van der Waals surface area contributed by atoms with Crippen LogP contribution in [-0.4, -0.2) is 5.91 Å². The number of hydrogen-bond acceptors (Lipinski definition) is 3. The SMILES string of the molecule is Cc1ccc(NC(=O)c2cc3c(s2)-c2c(C)cccc2OC3)cc1F. The standard InChI is InChI=1S/C20H16FNO2S/c1-11-6-7-14(9-15(11)21)22-20(23)17-8-13-10-24-16-5-3-4-12(2)18(16)19(13)25-17/h3-9H,10H2,1-2H3,(H,22,23). The molecule has 1 aliphatic rings. The Morgan fingerprint density at radius 2 is 2.00 bits per heavy atom. The molecule has 0 aliphatic carbocycles. The molecule has 1 amide bonds. The molecule has 0 spiro atoms. The molecule has 1 N–H and O–H groups in total. The van der Waals surface area contributed by atoms with Crippen molar-refractivity contribution >= 4 is 22.9 Å². The lowest BCUT2D eigenvalue weighted by molar-refractivity contribution is 0.103. The average molecular weight is 353 g/mol. The van der Waals surface area contributed by atoms with E-state index in [4.69, 9.17) is 4.74 Å². The van der Waals surface area contributed by atoms with E-state index in [1.54, 1.807) is 19.1 Å². The Bertz CT molecular complexity index is 993. The van der Waals surface area contributed by atoms with Gasteiger partial charge in [0.1, 0.15) is 18.2 Å². The highest BCUT2D eigenvalue weighted by Gasteiger charge is 2.24. The molecule has 1 aliphatic heterocycles. The summed E-state index contributed by atoms with van der Waals surface area (Å²) >= 11 is 1.44. The molecule has 5 heteroatoms. The molecule has 0 radical (unpaired) electrons. The Kier molecular flexibility index (Phi) is 3.81. The van der Waals surface area contributed by atoms with Gasteiger partial charge in [-0.05, 0) is 49.2 Å². The highest BCUT2D eigenvalue weighted by molar-refractivity contribution is 7.17. The Balaban J connectivity index is 1.66. The largest absolute Gasteiger partial charge is 0.488 e. The van der Waals surface area contributed by atoms with Crippen LogP contribution >= 0.6 is 11.3 Å². The van der Waals surface area contributed by atoms with E-state index in [1.165, 1.54) is 17.4 Å². The van der Waals surface area contributed by atoms with Gasteiger partial charge in [0.05, 0.1) is 4.88 Å². The van der Waals surface area contributed by atoms with Gasteiger partial charge in [-0.15, -0.1) is 11.3 Å². The first-order valence-corrected chi connectivity index (χ1v) is 8.77. The number of carbonyl (C=O) groups excluding carboxylic acids is 1. The minimum Gasteiger partial charge on any atom is -0.488 e. The molecule has 0 saturated carbocycles. The predicted molar refractivity (Wildman–Crippen MR) is 97.9 cm³/mol. The van der Waals surface area contributed by atoms with Gasteiger partial charge in [0.25, 0.3) is 5.91 Å². The molecule has 0 bridgehead atoms. The fourth-order valence-electron chi connectivity index (χ4n) is 2.93. The van der Waals surface area contributed by atoms with Gasteiger partial charge in [-0.25, -0.2) is 4.39 Å². The van der Waals surface area contributed by atoms with E-state index in [0.717, 1.165) is 27.3 Å². The van der Waals surface area contributed by atoms with E-state index in [9.17, 15) is 9.18 Å². The number of benzene rings is 2. The van der Waals surface area contributed by atoms with Gasteiger partial charge >= 0.3 is 0 Å². The monoisotopic (exact) mass is 353 g/mol. The highest BCUT2D eigenvalue weighted by Crippen LogP contribution is 2.44. The third-order valence-corrected chi connectivity index (χ3v) is 5.50. The topological polar surface area (TPSA) is 38.3 Å². The summed E-state index contributed by atoms with van der Waals surface area (Å²) in [6, 6.07) is 12.5. The third kappa shape index (κ3) is 2.81. The van der Waals surface area contributed by atoms with Crippen molar-refractivity contribution in [3.63, 3.8) is 0 Å². The van der Waals surface area contributed by atoms with Gasteiger partial charge in [-0.1, -0.05) is 18.2 Å². The molecule has 0 atom stereocenters. The third-order valence-electron chi connectivity index (χ3n) is 4.31. The van der Waals surface area contributed by atoms with E-state index in [-0.39, 0.29) is 11.7 Å². The smallest absolute Gasteiger partial charge is 0.265 e. The first-order valence-electron chi connectivity index (χ1n) is 7.96. The number of hydrogen-bond donors (Lipinski definition) is 1. The van der Waals surface area contributed by atoms with Gasteiger partial charge in [-0.3, -0.25) is 4.79 Å². The quantitative estimate of drug-likeness (QED) is 0.677. The van der Waals surface area contributed by atoms with Gasteiger partial charge < -0.3 is 10.1 Å². The number of amides is 1. The maximum atomic E-state index is 13.7. The Labute approximate surface area is 149 Å². The molecular formula is C20H16FNO2S. The maximum absolute atomic E-state index is 13.7. The number of anilines is 1. The number of aryl methyl sites for hydroxylation is 2. The van der Waals surface area contributed by atoms with E-state index in [1.807, 2.05) is 31.2 Å². The highest BCUT2D eigenvalue weighted by atomic mass is 32.1. The minimum absolute atomic E-state index is 0.238. The van der Waals surface area contributed by atoms with Crippen LogP contribution in [0.15, 0.2) is 42.5 Å². The van der Waals surface area contributed by atoms with Crippen LogP contribution in [-0.2, 0) is 6.61 Å². The summed E-state index contributed by atoms with van der Waals surface area (Å²) in [5.74, 6) is 0.279. The van der Waals surface area contributed by atoms with Crippen molar-refractivity contribution in [3.8, 4) is 16.2 Å². The van der Waals surface area contributed by atoms with Crippen LogP contribution in [0.2, 0.25) is 0 Å². The molecule has 126 valence electrons. The van der Waals surface area contributed by atoms with Crippen LogP contribution in [0, 0.1) is 19.7 Å². The lowest BCUT2D eigenvalue weighted by Crippen LogP contribution is -2.10. The molecule has 4 rings (SSSR count). The normalized spacial score (nSPS) is 12.1. The van der Waals surface area contributed by atoms with Crippen LogP contribution in [0.1, 0.15) is 26.4 Å². The first kappa shape index (κ1) is 15.8. The molecule has 0 unspecified atom stereocenters. The van der Waals surface area contributed by atoms with Crippen molar-refractivity contribution in [2.75, 3.05) is 5.32 Å². The molecule has 0 saturated heterocycles. The second kappa shape index (κ2) is 6.01. The van der Waals surface area contributed by atoms with E-state index in [0.29, 0.717) is 22.7 Å². The molecule has 2 aromatic carbocycles. The molecule has 3 nitrogen and oxygen atoms in total. The van der Waals surface area contributed by atoms with Crippen molar-refractivity contribution in [2.45, 2.75) is 20.5 Å². The second-order valence-electron chi connectivity index (χ2n) is 6.12. The Hall–Kier alpha value is -2.66. The molecule has 25 heavy (non-hydrogen) atoms. The summed E-state index contributed by atoms with van der Waals surface area (Å²) in [6.45, 7) is 4.18. The van der Waals surface area contributed by atoms with Crippen LogP contribution in [0.25, 0.3) is 10.4 Å². The molecule has 0 fully saturated rings. The van der Waals surface area contributed by atoms with Crippen LogP contribution in [0.3, 0.4) is 0 Å². The summed E-state index contributed by atoms with van der Waals surface area (Å²) in [5.41, 5.74) is 4.18. The number of ether oxygens (including phenoxy) is 1. The van der Waals surface area contributed by atoms with Gasteiger partial charge in [-0.2, -0.15) is 0 Å². The number of fused-ring (bicyclic) bond motifs is 3. The lowest BCUT2D eigenvalue weighted by atomic mass is 10.0. The van der Waals surface area contributed by atoms with Gasteiger partial charge in [0, 0.05) is 21.7 Å². The Morgan fingerprint density at radius 1 is 1.16 bits per heavy atom. The van der Waals surface area contributed by atoms with Gasteiger partial charge in [0.15, 0.2) is 0 Å². The second-order valence-corrected chi connectivity index (χ2v) is 7.17. The number of halogens is 1. The fraction of sp³-hybridized carbons (Fsp3) is 0.150. The zero-order valence-electron chi connectivity index (χ0n) is 13.9. The molecule has 2 heterocycles. The summed E-state index contributed by atoms with van der Waals surface area (Å²) in [4.78, 5) is 14.2. The van der Waals surface area contributed by atoms with Crippen molar-refractivity contribution in [3.05, 3.63) is 69.8 Å². The van der Waals surface area contributed by atoms with E-state index in [2.05, 4.69) is 5.32 Å². The van der Waals surface area contributed by atoms with Crippen molar-refractivity contribution in [1.29, 1.82) is 0 Å². The van der Waals surface area contributed by atoms with E-state index >= 15 is 0 Å². The van der Waals surface area contributed by atoms with Crippen molar-refractivity contribution in [2.24, 2.45) is 0 Å². The summed E-state index contributed by atoms with van der Waals surface area (Å²) in [6.07, 6.45) is 0. The van der Waals surface area contributed by atoms with E-state index < -0.39 is 0 Å². The van der Waals surface area contributed by atoms with Crippen LogP contribution in [0.4, 0.5) is 10.1 Å².